The smallest absolute Gasteiger partial charge is 0.230 e. The number of nitrogens with zero attached hydrogens (tertiary/aromatic N) is 3. The van der Waals surface area contributed by atoms with E-state index in [2.05, 4.69) is 28.8 Å². The van der Waals surface area contributed by atoms with E-state index < -0.39 is 0 Å². The summed E-state index contributed by atoms with van der Waals surface area (Å²) in [6, 6.07) is 0. The van der Waals surface area contributed by atoms with Crippen LogP contribution in [-0.4, -0.2) is 16.9 Å². The summed E-state index contributed by atoms with van der Waals surface area (Å²) in [5.41, 5.74) is 0.912. The van der Waals surface area contributed by atoms with Gasteiger partial charge in [-0.05, 0) is 51.3 Å². The zero-order valence-electron chi connectivity index (χ0n) is 12.4. The quantitative estimate of drug-likeness (QED) is 0.591. The molecule has 0 atom stereocenters. The maximum Gasteiger partial charge on any atom is 0.230 e. The highest BCUT2D eigenvalue weighted by atomic mass is 16.5. The van der Waals surface area contributed by atoms with E-state index in [9.17, 15) is 0 Å². The number of rotatable bonds is 5. The van der Waals surface area contributed by atoms with Gasteiger partial charge in [0.2, 0.25) is 11.7 Å². The molecule has 4 nitrogen and oxygen atoms in total. The van der Waals surface area contributed by atoms with Crippen molar-refractivity contribution in [1.82, 2.24) is 10.1 Å². The van der Waals surface area contributed by atoms with E-state index in [1.165, 1.54) is 19.3 Å². The van der Waals surface area contributed by atoms with Crippen LogP contribution in [0.25, 0.3) is 5.57 Å². The van der Waals surface area contributed by atoms with Crippen LogP contribution >= 0.6 is 0 Å². The van der Waals surface area contributed by atoms with Crippen molar-refractivity contribution in [3.05, 3.63) is 30.1 Å². The summed E-state index contributed by atoms with van der Waals surface area (Å²) in [6.45, 7) is 7.65. The highest BCUT2D eigenvalue weighted by Crippen LogP contribution is 2.36. The Kier molecular flexibility index (Phi) is 5.27. The maximum absolute atomic E-state index is 5.45. The van der Waals surface area contributed by atoms with Gasteiger partial charge in [0.05, 0.1) is 0 Å². The molecular weight excluding hydrogens is 250 g/mol. The van der Waals surface area contributed by atoms with Gasteiger partial charge in [-0.1, -0.05) is 24.6 Å². The Bertz CT molecular complexity index is 494. The fraction of sp³-hybridized carbons (Fsp3) is 0.562. The second-order valence-corrected chi connectivity index (χ2v) is 5.32. The molecule has 0 amide bonds. The van der Waals surface area contributed by atoms with Crippen LogP contribution in [0.2, 0.25) is 0 Å². The van der Waals surface area contributed by atoms with Crippen LogP contribution in [0, 0.1) is 5.92 Å². The Balaban J connectivity index is 2.05. The third-order valence-electron chi connectivity index (χ3n) is 4.14. The van der Waals surface area contributed by atoms with Crippen molar-refractivity contribution in [3.8, 4) is 0 Å². The number of aromatic nitrogens is 2. The first kappa shape index (κ1) is 14.7. The van der Waals surface area contributed by atoms with Crippen LogP contribution < -0.4 is 0 Å². The van der Waals surface area contributed by atoms with Crippen molar-refractivity contribution in [3.63, 3.8) is 0 Å². The van der Waals surface area contributed by atoms with Gasteiger partial charge in [0.25, 0.3) is 0 Å². The predicted octanol–water partition coefficient (Wildman–Crippen LogP) is 4.37. The first-order valence-electron chi connectivity index (χ1n) is 7.41. The third kappa shape index (κ3) is 3.44. The lowest BCUT2D eigenvalue weighted by molar-refractivity contribution is 0.267. The normalized spacial score (nSPS) is 24.2. The first-order chi connectivity index (χ1) is 9.78. The van der Waals surface area contributed by atoms with Gasteiger partial charge in [-0.2, -0.15) is 4.98 Å². The van der Waals surface area contributed by atoms with E-state index in [4.69, 9.17) is 4.52 Å². The van der Waals surface area contributed by atoms with E-state index in [1.807, 2.05) is 19.1 Å². The molecule has 1 aliphatic rings. The van der Waals surface area contributed by atoms with Crippen LogP contribution in [0.15, 0.2) is 27.9 Å². The minimum atomic E-state index is 0.429. The molecule has 108 valence electrons. The van der Waals surface area contributed by atoms with Gasteiger partial charge in [0.15, 0.2) is 0 Å². The number of aliphatic imine (C=N–C) groups is 1. The van der Waals surface area contributed by atoms with Crippen LogP contribution in [0.5, 0.6) is 0 Å². The average Bonchev–Trinajstić information content (AvgIpc) is 2.98. The average molecular weight is 273 g/mol. The molecule has 1 fully saturated rings. The molecule has 0 saturated heterocycles. The van der Waals surface area contributed by atoms with Gasteiger partial charge >= 0.3 is 0 Å². The summed E-state index contributed by atoms with van der Waals surface area (Å²) >= 11 is 0. The minimum Gasteiger partial charge on any atom is -0.339 e. The Morgan fingerprint density at radius 2 is 2.15 bits per heavy atom. The molecule has 1 aromatic heterocycles. The van der Waals surface area contributed by atoms with Crippen molar-refractivity contribution < 1.29 is 4.52 Å². The van der Waals surface area contributed by atoms with E-state index in [1.54, 1.807) is 6.20 Å². The SMILES string of the molecule is C=N/C=C\C(=C/C)c1noc(C2CCC(CC)CC2)n1. The van der Waals surface area contributed by atoms with Crippen LogP contribution in [0.4, 0.5) is 0 Å². The molecule has 0 radical (unpaired) electrons. The van der Waals surface area contributed by atoms with Crippen molar-refractivity contribution >= 4 is 12.3 Å². The largest absolute Gasteiger partial charge is 0.339 e. The maximum atomic E-state index is 5.45. The van der Waals surface area contributed by atoms with Crippen molar-refractivity contribution in [2.45, 2.75) is 51.9 Å². The lowest BCUT2D eigenvalue weighted by atomic mass is 9.81. The Hall–Kier alpha value is -1.71. The second kappa shape index (κ2) is 7.17. The monoisotopic (exact) mass is 273 g/mol. The lowest BCUT2D eigenvalue weighted by Gasteiger charge is -2.25. The summed E-state index contributed by atoms with van der Waals surface area (Å²) in [7, 11) is 0. The van der Waals surface area contributed by atoms with E-state index in [-0.39, 0.29) is 0 Å². The molecule has 1 heterocycles. The van der Waals surface area contributed by atoms with Gasteiger partial charge in [0, 0.05) is 17.7 Å². The fourth-order valence-electron chi connectivity index (χ4n) is 2.77. The molecule has 0 aliphatic heterocycles. The summed E-state index contributed by atoms with van der Waals surface area (Å²) < 4.78 is 5.45. The minimum absolute atomic E-state index is 0.429. The van der Waals surface area contributed by atoms with Gasteiger partial charge in [-0.3, -0.25) is 4.99 Å². The van der Waals surface area contributed by atoms with E-state index in [0.29, 0.717) is 11.7 Å². The number of hydrogen-bond acceptors (Lipinski definition) is 4. The summed E-state index contributed by atoms with van der Waals surface area (Å²) in [5.74, 6) is 2.73. The van der Waals surface area contributed by atoms with E-state index >= 15 is 0 Å². The highest BCUT2D eigenvalue weighted by molar-refractivity contribution is 5.68. The standard InChI is InChI=1S/C16H23N3O/c1-4-12-6-8-14(9-7-12)16-18-15(19-20-16)13(5-2)10-11-17-3/h5,10-12,14H,3-4,6-9H2,1-2H3/b11-10-,13-5+. The van der Waals surface area contributed by atoms with E-state index in [0.717, 1.165) is 30.2 Å². The van der Waals surface area contributed by atoms with Gasteiger partial charge in [0.1, 0.15) is 0 Å². The van der Waals surface area contributed by atoms with Gasteiger partial charge < -0.3 is 4.52 Å². The molecule has 0 bridgehead atoms. The number of hydrogen-bond donors (Lipinski definition) is 0. The first-order valence-corrected chi connectivity index (χ1v) is 7.41. The molecular formula is C16H23N3O. The lowest BCUT2D eigenvalue weighted by Crippen LogP contribution is -2.12. The van der Waals surface area contributed by atoms with Gasteiger partial charge in [-0.25, -0.2) is 0 Å². The van der Waals surface area contributed by atoms with Crippen molar-refractivity contribution in [1.29, 1.82) is 0 Å². The van der Waals surface area contributed by atoms with Gasteiger partial charge in [-0.15, -0.1) is 0 Å². The molecule has 1 saturated carbocycles. The zero-order chi connectivity index (χ0) is 14.4. The van der Waals surface area contributed by atoms with Crippen molar-refractivity contribution in [2.24, 2.45) is 10.9 Å². The Morgan fingerprint density at radius 1 is 1.40 bits per heavy atom. The second-order valence-electron chi connectivity index (χ2n) is 5.32. The fourth-order valence-corrected chi connectivity index (χ4v) is 2.77. The predicted molar refractivity (Wildman–Crippen MR) is 81.6 cm³/mol. The third-order valence-corrected chi connectivity index (χ3v) is 4.14. The van der Waals surface area contributed by atoms with Crippen LogP contribution in [0.3, 0.4) is 0 Å². The van der Waals surface area contributed by atoms with Crippen LogP contribution in [0.1, 0.15) is 63.6 Å². The molecule has 20 heavy (non-hydrogen) atoms. The molecule has 0 spiro atoms. The molecule has 0 aromatic carbocycles. The topological polar surface area (TPSA) is 51.3 Å². The molecule has 2 rings (SSSR count). The number of allylic oxidation sites excluding steroid dienone is 3. The molecule has 1 aromatic rings. The molecule has 1 aliphatic carbocycles. The zero-order valence-corrected chi connectivity index (χ0v) is 12.4. The molecule has 0 N–H and O–H groups in total. The molecule has 0 unspecified atom stereocenters. The Morgan fingerprint density at radius 3 is 2.75 bits per heavy atom. The summed E-state index contributed by atoms with van der Waals surface area (Å²) in [6.07, 6.45) is 11.6. The summed E-state index contributed by atoms with van der Waals surface area (Å²) in [4.78, 5) is 8.26. The molecule has 4 heteroatoms. The highest BCUT2D eigenvalue weighted by Gasteiger charge is 2.25. The summed E-state index contributed by atoms with van der Waals surface area (Å²) in [5, 5.41) is 4.09. The Labute approximate surface area is 120 Å². The van der Waals surface area contributed by atoms with Crippen LogP contribution in [-0.2, 0) is 0 Å². The van der Waals surface area contributed by atoms with Crippen molar-refractivity contribution in [2.75, 3.05) is 0 Å².